The highest BCUT2D eigenvalue weighted by Gasteiger charge is 2.33. The number of aromatic nitrogens is 1. The van der Waals surface area contributed by atoms with E-state index in [4.69, 9.17) is 11.1 Å². The van der Waals surface area contributed by atoms with Gasteiger partial charge in [-0.2, -0.15) is 0 Å². The Bertz CT molecular complexity index is 1010. The van der Waals surface area contributed by atoms with E-state index in [2.05, 4.69) is 10.3 Å². The van der Waals surface area contributed by atoms with Crippen molar-refractivity contribution < 1.29 is 18.0 Å². The molecule has 1 aromatic carbocycles. The number of piperidine rings is 1. The fourth-order valence-corrected chi connectivity index (χ4v) is 3.28. The van der Waals surface area contributed by atoms with Crippen molar-refractivity contribution in [2.24, 2.45) is 5.73 Å². The third-order valence-corrected chi connectivity index (χ3v) is 4.96. The standard InChI is InChI=1S/C22H22F3N5O/c23-19-14-28-13-15(21(19)16(11-26)12-27)1-6-20(31)29-17-2-4-18(5-3-17)30-9-7-22(24,25)8-10-30/h1-6,11-14,26H,7-10,27H2,(H,29,31)/b6-1+,16-12?,26-11?. The van der Waals surface area contributed by atoms with Crippen molar-refractivity contribution in [3.05, 3.63) is 65.9 Å². The Hall–Kier alpha value is -3.62. The van der Waals surface area contributed by atoms with Gasteiger partial charge < -0.3 is 21.4 Å². The summed E-state index contributed by atoms with van der Waals surface area (Å²) in [4.78, 5) is 17.9. The van der Waals surface area contributed by atoms with Crippen LogP contribution in [-0.4, -0.2) is 36.1 Å². The summed E-state index contributed by atoms with van der Waals surface area (Å²) in [6.45, 7) is 0.556. The highest BCUT2D eigenvalue weighted by atomic mass is 19.3. The van der Waals surface area contributed by atoms with Crippen LogP contribution in [0.4, 0.5) is 24.5 Å². The summed E-state index contributed by atoms with van der Waals surface area (Å²) in [6, 6.07) is 6.90. The van der Waals surface area contributed by atoms with E-state index in [-0.39, 0.29) is 37.1 Å². The van der Waals surface area contributed by atoms with Gasteiger partial charge in [0.2, 0.25) is 5.91 Å². The van der Waals surface area contributed by atoms with Crippen LogP contribution in [-0.2, 0) is 4.79 Å². The van der Waals surface area contributed by atoms with Gasteiger partial charge in [-0.3, -0.25) is 9.78 Å². The van der Waals surface area contributed by atoms with E-state index >= 15 is 0 Å². The summed E-state index contributed by atoms with van der Waals surface area (Å²) in [7, 11) is 0. The second kappa shape index (κ2) is 9.46. The lowest BCUT2D eigenvalue weighted by Gasteiger charge is -2.33. The van der Waals surface area contributed by atoms with E-state index < -0.39 is 17.6 Å². The maximum atomic E-state index is 14.1. The summed E-state index contributed by atoms with van der Waals surface area (Å²) < 4.78 is 40.7. The van der Waals surface area contributed by atoms with Gasteiger partial charge in [-0.25, -0.2) is 13.2 Å². The number of hydrogen-bond donors (Lipinski definition) is 3. The summed E-state index contributed by atoms with van der Waals surface area (Å²) in [6.07, 6.45) is 6.65. The molecule has 1 saturated heterocycles. The Balaban J connectivity index is 1.66. The zero-order chi connectivity index (χ0) is 22.4. The maximum Gasteiger partial charge on any atom is 0.251 e. The highest BCUT2D eigenvalue weighted by Crippen LogP contribution is 2.30. The zero-order valence-electron chi connectivity index (χ0n) is 16.6. The SMILES string of the molecule is N=CC(=CN)c1c(F)cncc1/C=C/C(=O)Nc1ccc(N2CCC(F)(F)CC2)cc1. The van der Waals surface area contributed by atoms with Crippen molar-refractivity contribution in [3.63, 3.8) is 0 Å². The molecule has 1 aliphatic rings. The molecule has 0 atom stereocenters. The molecule has 162 valence electrons. The molecular weight excluding hydrogens is 407 g/mol. The molecule has 0 unspecified atom stereocenters. The van der Waals surface area contributed by atoms with E-state index in [0.717, 1.165) is 24.3 Å². The van der Waals surface area contributed by atoms with Crippen molar-refractivity contribution in [2.75, 3.05) is 23.3 Å². The minimum absolute atomic E-state index is 0.0769. The normalized spacial score (nSPS) is 16.4. The average molecular weight is 429 g/mol. The highest BCUT2D eigenvalue weighted by molar-refractivity contribution is 6.10. The lowest BCUT2D eigenvalue weighted by Crippen LogP contribution is -2.39. The van der Waals surface area contributed by atoms with Crippen LogP contribution in [0.2, 0.25) is 0 Å². The summed E-state index contributed by atoms with van der Waals surface area (Å²) >= 11 is 0. The van der Waals surface area contributed by atoms with Crippen LogP contribution in [0.1, 0.15) is 24.0 Å². The van der Waals surface area contributed by atoms with Gasteiger partial charge >= 0.3 is 0 Å². The Morgan fingerprint density at radius 1 is 1.19 bits per heavy atom. The van der Waals surface area contributed by atoms with Crippen molar-refractivity contribution in [2.45, 2.75) is 18.8 Å². The molecule has 0 bridgehead atoms. The molecule has 1 fully saturated rings. The third kappa shape index (κ3) is 5.50. The van der Waals surface area contributed by atoms with E-state index in [1.165, 1.54) is 18.3 Å². The Kier molecular flexibility index (Phi) is 6.74. The fraction of sp³-hybridized carbons (Fsp3) is 0.227. The zero-order valence-corrected chi connectivity index (χ0v) is 16.6. The first-order valence-electron chi connectivity index (χ1n) is 9.61. The van der Waals surface area contributed by atoms with Gasteiger partial charge in [0.15, 0.2) is 0 Å². The first kappa shape index (κ1) is 22.1. The third-order valence-electron chi connectivity index (χ3n) is 4.96. The number of amides is 1. The predicted molar refractivity (Wildman–Crippen MR) is 116 cm³/mol. The van der Waals surface area contributed by atoms with Gasteiger partial charge in [0.1, 0.15) is 5.82 Å². The van der Waals surface area contributed by atoms with E-state index in [9.17, 15) is 18.0 Å². The molecule has 0 saturated carbocycles. The van der Waals surface area contributed by atoms with Crippen LogP contribution in [0.5, 0.6) is 0 Å². The van der Waals surface area contributed by atoms with E-state index in [0.29, 0.717) is 11.3 Å². The fourth-order valence-electron chi connectivity index (χ4n) is 3.28. The van der Waals surface area contributed by atoms with Crippen molar-refractivity contribution in [1.82, 2.24) is 4.98 Å². The molecule has 0 aliphatic carbocycles. The quantitative estimate of drug-likeness (QED) is 0.477. The molecule has 31 heavy (non-hydrogen) atoms. The Morgan fingerprint density at radius 3 is 2.48 bits per heavy atom. The molecule has 4 N–H and O–H groups in total. The second-order valence-corrected chi connectivity index (χ2v) is 7.06. The lowest BCUT2D eigenvalue weighted by atomic mass is 10.0. The molecule has 1 aromatic heterocycles. The van der Waals surface area contributed by atoms with Crippen molar-refractivity contribution in [1.29, 1.82) is 5.41 Å². The van der Waals surface area contributed by atoms with Gasteiger partial charge in [-0.15, -0.1) is 0 Å². The summed E-state index contributed by atoms with van der Waals surface area (Å²) in [5, 5.41) is 10.0. The average Bonchev–Trinajstić information content (AvgIpc) is 2.75. The Morgan fingerprint density at radius 2 is 1.87 bits per heavy atom. The Labute approximate surface area is 177 Å². The first-order valence-corrected chi connectivity index (χ1v) is 9.61. The van der Waals surface area contributed by atoms with Crippen LogP contribution >= 0.6 is 0 Å². The monoisotopic (exact) mass is 429 g/mol. The number of rotatable bonds is 6. The molecule has 1 amide bonds. The molecule has 2 aromatic rings. The van der Waals surface area contributed by atoms with Gasteiger partial charge in [-0.1, -0.05) is 0 Å². The number of alkyl halides is 2. The maximum absolute atomic E-state index is 14.1. The molecule has 0 radical (unpaired) electrons. The van der Waals surface area contributed by atoms with Gasteiger partial charge in [-0.05, 0) is 30.3 Å². The van der Waals surface area contributed by atoms with Gasteiger partial charge in [0, 0.05) is 78.7 Å². The number of nitrogens with one attached hydrogen (secondary N) is 2. The van der Waals surface area contributed by atoms with Gasteiger partial charge in [0.25, 0.3) is 5.92 Å². The van der Waals surface area contributed by atoms with Crippen LogP contribution in [0.15, 0.2) is 48.9 Å². The van der Waals surface area contributed by atoms with Crippen molar-refractivity contribution in [3.8, 4) is 0 Å². The molecule has 0 spiro atoms. The number of pyridine rings is 1. The van der Waals surface area contributed by atoms with Crippen LogP contribution < -0.4 is 16.0 Å². The number of nitrogens with zero attached hydrogens (tertiary/aromatic N) is 2. The van der Waals surface area contributed by atoms with Crippen LogP contribution in [0.25, 0.3) is 11.6 Å². The minimum Gasteiger partial charge on any atom is -0.404 e. The molecule has 9 heteroatoms. The smallest absolute Gasteiger partial charge is 0.251 e. The number of benzene rings is 1. The lowest BCUT2D eigenvalue weighted by molar-refractivity contribution is -0.111. The number of anilines is 2. The predicted octanol–water partition coefficient (Wildman–Crippen LogP) is 4.06. The molecule has 6 nitrogen and oxygen atoms in total. The molecule has 3 rings (SSSR count). The topological polar surface area (TPSA) is 95.1 Å². The number of carbonyl (C=O) groups is 1. The summed E-state index contributed by atoms with van der Waals surface area (Å²) in [5.41, 5.74) is 7.32. The van der Waals surface area contributed by atoms with E-state index in [1.807, 2.05) is 4.90 Å². The number of hydrogen-bond acceptors (Lipinski definition) is 5. The number of carbonyl (C=O) groups excluding carboxylic acids is 1. The first-order chi connectivity index (χ1) is 14.8. The van der Waals surface area contributed by atoms with Crippen molar-refractivity contribution >= 4 is 35.1 Å². The van der Waals surface area contributed by atoms with Crippen LogP contribution in [0.3, 0.4) is 0 Å². The largest absolute Gasteiger partial charge is 0.404 e. The molecular formula is C22H22F3N5O. The van der Waals surface area contributed by atoms with Crippen LogP contribution in [0, 0.1) is 11.2 Å². The minimum atomic E-state index is -2.60. The number of halogens is 3. The van der Waals surface area contributed by atoms with Gasteiger partial charge in [0.05, 0.1) is 6.20 Å². The van der Waals surface area contributed by atoms with E-state index in [1.54, 1.807) is 24.3 Å². The number of allylic oxidation sites excluding steroid dienone is 1. The second-order valence-electron chi connectivity index (χ2n) is 7.06. The number of nitrogens with two attached hydrogens (primary N) is 1. The summed E-state index contributed by atoms with van der Waals surface area (Å²) in [5.74, 6) is -3.71. The molecule has 2 heterocycles. The molecule has 1 aliphatic heterocycles.